The van der Waals surface area contributed by atoms with Crippen LogP contribution in [-0.4, -0.2) is 54.0 Å². The van der Waals surface area contributed by atoms with Crippen LogP contribution in [0.3, 0.4) is 0 Å². The lowest BCUT2D eigenvalue weighted by Gasteiger charge is -2.16. The van der Waals surface area contributed by atoms with Gasteiger partial charge in [0.05, 0.1) is 6.54 Å². The highest BCUT2D eigenvalue weighted by atomic mass is 16.2. The van der Waals surface area contributed by atoms with Crippen LogP contribution < -0.4 is 10.6 Å². The molecule has 3 rings (SSSR count). The van der Waals surface area contributed by atoms with Crippen molar-refractivity contribution in [3.63, 3.8) is 0 Å². The van der Waals surface area contributed by atoms with E-state index in [1.165, 1.54) is 0 Å². The first-order valence-electron chi connectivity index (χ1n) is 7.02. The number of imide groups is 1. The summed E-state index contributed by atoms with van der Waals surface area (Å²) in [6.07, 6.45) is 1.79. The first-order chi connectivity index (χ1) is 9.63. The highest BCUT2D eigenvalue weighted by Gasteiger charge is 2.36. The van der Waals surface area contributed by atoms with E-state index in [2.05, 4.69) is 15.5 Å². The molecule has 2 atom stereocenters. The van der Waals surface area contributed by atoms with Crippen molar-refractivity contribution in [2.75, 3.05) is 32.7 Å². The van der Waals surface area contributed by atoms with Crippen molar-refractivity contribution < 1.29 is 9.59 Å². The molecule has 2 N–H and O–H groups in total. The lowest BCUT2D eigenvalue weighted by molar-refractivity contribution is -0.121. The molecule has 1 aromatic heterocycles. The van der Waals surface area contributed by atoms with Crippen LogP contribution in [0.25, 0.3) is 0 Å². The van der Waals surface area contributed by atoms with Gasteiger partial charge in [0.2, 0.25) is 5.91 Å². The van der Waals surface area contributed by atoms with Gasteiger partial charge in [-0.2, -0.15) is 0 Å². The number of nitrogens with one attached hydrogen (secondary N) is 2. The Morgan fingerprint density at radius 2 is 2.05 bits per heavy atom. The SMILES string of the molecule is Cn1cccc1C(=O)NC(=O)CN1C[C@H]2CNC[C@H]2C1. The quantitative estimate of drug-likeness (QED) is 0.776. The van der Waals surface area contributed by atoms with Gasteiger partial charge in [-0.25, -0.2) is 0 Å². The average Bonchev–Trinajstić information content (AvgIpc) is 3.03. The third kappa shape index (κ3) is 2.62. The molecule has 2 amide bonds. The third-order valence-electron chi connectivity index (χ3n) is 4.26. The summed E-state index contributed by atoms with van der Waals surface area (Å²) in [5.74, 6) is 0.769. The zero-order chi connectivity index (χ0) is 14.1. The van der Waals surface area contributed by atoms with Crippen molar-refractivity contribution in [2.45, 2.75) is 0 Å². The zero-order valence-electron chi connectivity index (χ0n) is 11.6. The van der Waals surface area contributed by atoms with Gasteiger partial charge in [-0.15, -0.1) is 0 Å². The number of aromatic nitrogens is 1. The minimum atomic E-state index is -0.330. The van der Waals surface area contributed by atoms with Gasteiger partial charge in [0.1, 0.15) is 5.69 Å². The summed E-state index contributed by atoms with van der Waals surface area (Å²) in [4.78, 5) is 26.0. The summed E-state index contributed by atoms with van der Waals surface area (Å²) in [7, 11) is 1.79. The minimum Gasteiger partial charge on any atom is -0.347 e. The molecule has 0 aliphatic carbocycles. The zero-order valence-corrected chi connectivity index (χ0v) is 11.6. The van der Waals surface area contributed by atoms with Gasteiger partial charge in [-0.3, -0.25) is 19.8 Å². The molecule has 2 aliphatic heterocycles. The van der Waals surface area contributed by atoms with E-state index in [-0.39, 0.29) is 11.8 Å². The fourth-order valence-corrected chi connectivity index (χ4v) is 3.21. The third-order valence-corrected chi connectivity index (χ3v) is 4.26. The molecule has 1 aromatic rings. The topological polar surface area (TPSA) is 66.4 Å². The Labute approximate surface area is 118 Å². The number of hydrogen-bond acceptors (Lipinski definition) is 4. The van der Waals surface area contributed by atoms with Gasteiger partial charge in [-0.05, 0) is 37.1 Å². The van der Waals surface area contributed by atoms with Crippen LogP contribution in [0.15, 0.2) is 18.3 Å². The van der Waals surface area contributed by atoms with Crippen LogP contribution in [0.5, 0.6) is 0 Å². The molecule has 6 heteroatoms. The standard InChI is InChI=1S/C14H20N4O2/c1-17-4-2-3-12(17)14(20)16-13(19)9-18-7-10-5-15-6-11(10)8-18/h2-4,10-11,15H,5-9H2,1H3,(H,16,19,20)/t10-,11+. The summed E-state index contributed by atoms with van der Waals surface area (Å²) in [5.41, 5.74) is 0.501. The number of aryl methyl sites for hydroxylation is 1. The number of carbonyl (C=O) groups excluding carboxylic acids is 2. The lowest BCUT2D eigenvalue weighted by atomic mass is 10.0. The molecule has 6 nitrogen and oxygen atoms in total. The van der Waals surface area contributed by atoms with Gasteiger partial charge in [0, 0.05) is 26.3 Å². The van der Waals surface area contributed by atoms with E-state index >= 15 is 0 Å². The maximum absolute atomic E-state index is 11.9. The second-order valence-corrected chi connectivity index (χ2v) is 5.75. The Morgan fingerprint density at radius 3 is 2.65 bits per heavy atom. The molecular weight excluding hydrogens is 256 g/mol. The molecule has 3 heterocycles. The first-order valence-corrected chi connectivity index (χ1v) is 7.02. The van der Waals surface area contributed by atoms with Crippen LogP contribution in [0.4, 0.5) is 0 Å². The smallest absolute Gasteiger partial charge is 0.274 e. The van der Waals surface area contributed by atoms with E-state index in [0.717, 1.165) is 26.2 Å². The van der Waals surface area contributed by atoms with Gasteiger partial charge in [0.15, 0.2) is 0 Å². The van der Waals surface area contributed by atoms with Crippen LogP contribution in [0, 0.1) is 11.8 Å². The summed E-state index contributed by atoms with van der Waals surface area (Å²) in [5, 5.41) is 5.83. The number of carbonyl (C=O) groups is 2. The Morgan fingerprint density at radius 1 is 1.35 bits per heavy atom. The summed E-state index contributed by atoms with van der Waals surface area (Å²) in [6, 6.07) is 3.49. The Hall–Kier alpha value is -1.66. The van der Waals surface area contributed by atoms with Crippen molar-refractivity contribution >= 4 is 11.8 Å². The second-order valence-electron chi connectivity index (χ2n) is 5.75. The minimum absolute atomic E-state index is 0.218. The molecule has 0 spiro atoms. The first kappa shape index (κ1) is 13.3. The number of rotatable bonds is 3. The molecule has 0 bridgehead atoms. The van der Waals surface area contributed by atoms with E-state index < -0.39 is 0 Å². The van der Waals surface area contributed by atoms with Crippen molar-refractivity contribution in [3.8, 4) is 0 Å². The van der Waals surface area contributed by atoms with E-state index in [1.54, 1.807) is 29.9 Å². The normalized spacial score (nSPS) is 25.6. The monoisotopic (exact) mass is 276 g/mol. The molecule has 2 fully saturated rings. The largest absolute Gasteiger partial charge is 0.347 e. The Bertz CT molecular complexity index is 513. The van der Waals surface area contributed by atoms with Crippen molar-refractivity contribution in [3.05, 3.63) is 24.0 Å². The van der Waals surface area contributed by atoms with Gasteiger partial charge >= 0.3 is 0 Å². The summed E-state index contributed by atoms with van der Waals surface area (Å²) >= 11 is 0. The second kappa shape index (κ2) is 5.38. The number of hydrogen-bond donors (Lipinski definition) is 2. The van der Waals surface area contributed by atoms with E-state index in [4.69, 9.17) is 0 Å². The summed E-state index contributed by atoms with van der Waals surface area (Å²) in [6.45, 7) is 4.30. The molecule has 20 heavy (non-hydrogen) atoms. The van der Waals surface area contributed by atoms with E-state index in [0.29, 0.717) is 24.1 Å². The summed E-state index contributed by atoms with van der Waals surface area (Å²) < 4.78 is 1.70. The number of fused-ring (bicyclic) bond motifs is 1. The molecular formula is C14H20N4O2. The highest BCUT2D eigenvalue weighted by molar-refractivity contribution is 6.04. The molecule has 0 unspecified atom stereocenters. The van der Waals surface area contributed by atoms with E-state index in [9.17, 15) is 9.59 Å². The van der Waals surface area contributed by atoms with Crippen LogP contribution in [0.1, 0.15) is 10.5 Å². The van der Waals surface area contributed by atoms with Gasteiger partial charge in [-0.1, -0.05) is 0 Å². The van der Waals surface area contributed by atoms with Crippen LogP contribution in [0.2, 0.25) is 0 Å². The number of likely N-dealkylation sites (tertiary alicyclic amines) is 1. The van der Waals surface area contributed by atoms with E-state index in [1.807, 2.05) is 0 Å². The molecule has 0 radical (unpaired) electrons. The molecule has 2 aliphatic rings. The van der Waals surface area contributed by atoms with Crippen LogP contribution in [-0.2, 0) is 11.8 Å². The van der Waals surface area contributed by atoms with Gasteiger partial charge < -0.3 is 9.88 Å². The van der Waals surface area contributed by atoms with Crippen molar-refractivity contribution in [2.24, 2.45) is 18.9 Å². The predicted molar refractivity (Wildman–Crippen MR) is 74.2 cm³/mol. The fourth-order valence-electron chi connectivity index (χ4n) is 3.21. The molecule has 2 saturated heterocycles. The molecule has 0 aromatic carbocycles. The highest BCUT2D eigenvalue weighted by Crippen LogP contribution is 2.25. The molecule has 108 valence electrons. The number of nitrogens with zero attached hydrogens (tertiary/aromatic N) is 2. The fraction of sp³-hybridized carbons (Fsp3) is 0.571. The van der Waals surface area contributed by atoms with Gasteiger partial charge in [0.25, 0.3) is 5.91 Å². The lowest BCUT2D eigenvalue weighted by Crippen LogP contribution is -2.40. The van der Waals surface area contributed by atoms with Crippen LogP contribution >= 0.6 is 0 Å². The Kier molecular flexibility index (Phi) is 3.58. The Balaban J connectivity index is 1.51. The molecule has 0 saturated carbocycles. The predicted octanol–water partition coefficient (Wildman–Crippen LogP) is -0.567. The maximum atomic E-state index is 11.9. The maximum Gasteiger partial charge on any atom is 0.274 e. The van der Waals surface area contributed by atoms with Crippen molar-refractivity contribution in [1.82, 2.24) is 20.1 Å². The van der Waals surface area contributed by atoms with Crippen molar-refractivity contribution in [1.29, 1.82) is 0 Å². The number of amides is 2. The average molecular weight is 276 g/mol.